The Bertz CT molecular complexity index is 151. The van der Waals surface area contributed by atoms with Gasteiger partial charge < -0.3 is 16.0 Å². The van der Waals surface area contributed by atoms with Crippen molar-refractivity contribution in [1.29, 1.82) is 0 Å². The Hall–Kier alpha value is -0.120. The molecule has 0 aromatic heterocycles. The molecule has 1 heterocycles. The molecule has 15 heavy (non-hydrogen) atoms. The van der Waals surface area contributed by atoms with Gasteiger partial charge in [0.25, 0.3) is 0 Å². The molecule has 1 saturated heterocycles. The Morgan fingerprint density at radius 3 is 2.60 bits per heavy atom. The fraction of sp³-hybridized carbons (Fsp3) is 1.00. The number of nitrogens with two attached hydrogens (primary N) is 1. The second-order valence-corrected chi connectivity index (χ2v) is 5.13. The monoisotopic (exact) mass is 213 g/mol. The summed E-state index contributed by atoms with van der Waals surface area (Å²) in [6, 6.07) is 0.459. The summed E-state index contributed by atoms with van der Waals surface area (Å²) in [5.74, 6) is 0.762. The van der Waals surface area contributed by atoms with Gasteiger partial charge in [0, 0.05) is 6.04 Å². The molecule has 0 spiro atoms. The third-order valence-electron chi connectivity index (χ3n) is 3.01. The molecule has 1 aliphatic rings. The molecule has 1 rings (SSSR count). The first-order valence-electron chi connectivity index (χ1n) is 6.37. The minimum Gasteiger partial charge on any atom is -0.328 e. The SMILES string of the molecule is CC(C)CNCCCN1CCC(N)CC1. The molecule has 1 aliphatic heterocycles. The number of likely N-dealkylation sites (tertiary alicyclic amines) is 1. The quantitative estimate of drug-likeness (QED) is 0.648. The first-order chi connectivity index (χ1) is 7.18. The van der Waals surface area contributed by atoms with Gasteiger partial charge in [-0.1, -0.05) is 13.8 Å². The predicted octanol–water partition coefficient (Wildman–Crippen LogP) is 1.05. The molecule has 0 saturated carbocycles. The van der Waals surface area contributed by atoms with Crippen LogP contribution in [0.3, 0.4) is 0 Å². The minimum atomic E-state index is 0.459. The molecule has 0 atom stereocenters. The van der Waals surface area contributed by atoms with Gasteiger partial charge in [-0.3, -0.25) is 0 Å². The summed E-state index contributed by atoms with van der Waals surface area (Å²) >= 11 is 0. The van der Waals surface area contributed by atoms with E-state index < -0.39 is 0 Å². The maximum absolute atomic E-state index is 5.87. The molecule has 0 radical (unpaired) electrons. The van der Waals surface area contributed by atoms with Crippen molar-refractivity contribution in [3.63, 3.8) is 0 Å². The maximum Gasteiger partial charge on any atom is 0.00631 e. The summed E-state index contributed by atoms with van der Waals surface area (Å²) in [5, 5.41) is 3.48. The summed E-state index contributed by atoms with van der Waals surface area (Å²) in [6.45, 7) is 10.4. The Kier molecular flexibility index (Phi) is 6.22. The molecule has 0 amide bonds. The van der Waals surface area contributed by atoms with Crippen molar-refractivity contribution in [3.05, 3.63) is 0 Å². The first-order valence-corrected chi connectivity index (χ1v) is 6.37. The van der Waals surface area contributed by atoms with Crippen molar-refractivity contribution in [1.82, 2.24) is 10.2 Å². The highest BCUT2D eigenvalue weighted by atomic mass is 15.1. The number of rotatable bonds is 6. The van der Waals surface area contributed by atoms with Crippen LogP contribution in [0.4, 0.5) is 0 Å². The minimum absolute atomic E-state index is 0.459. The smallest absolute Gasteiger partial charge is 0.00631 e. The third kappa shape index (κ3) is 6.13. The number of piperidine rings is 1. The average Bonchev–Trinajstić information content (AvgIpc) is 2.20. The van der Waals surface area contributed by atoms with Gasteiger partial charge in [-0.2, -0.15) is 0 Å². The van der Waals surface area contributed by atoms with E-state index in [0.29, 0.717) is 6.04 Å². The molecule has 3 N–H and O–H groups in total. The van der Waals surface area contributed by atoms with Crippen molar-refractivity contribution < 1.29 is 0 Å². The van der Waals surface area contributed by atoms with Crippen molar-refractivity contribution in [2.75, 3.05) is 32.7 Å². The summed E-state index contributed by atoms with van der Waals surface area (Å²) in [6.07, 6.45) is 3.63. The summed E-state index contributed by atoms with van der Waals surface area (Å²) < 4.78 is 0. The third-order valence-corrected chi connectivity index (χ3v) is 3.01. The van der Waals surface area contributed by atoms with Gasteiger partial charge in [-0.25, -0.2) is 0 Å². The largest absolute Gasteiger partial charge is 0.328 e. The first kappa shape index (κ1) is 12.9. The molecule has 0 unspecified atom stereocenters. The van der Waals surface area contributed by atoms with Crippen LogP contribution in [0.2, 0.25) is 0 Å². The lowest BCUT2D eigenvalue weighted by molar-refractivity contribution is 0.210. The number of hydrogen-bond acceptors (Lipinski definition) is 3. The summed E-state index contributed by atoms with van der Waals surface area (Å²) in [4.78, 5) is 2.54. The molecule has 3 heteroatoms. The van der Waals surface area contributed by atoms with E-state index in [4.69, 9.17) is 5.73 Å². The van der Waals surface area contributed by atoms with Crippen LogP contribution < -0.4 is 11.1 Å². The lowest BCUT2D eigenvalue weighted by atomic mass is 10.1. The zero-order valence-corrected chi connectivity index (χ0v) is 10.3. The highest BCUT2D eigenvalue weighted by molar-refractivity contribution is 4.73. The highest BCUT2D eigenvalue weighted by Crippen LogP contribution is 2.07. The van der Waals surface area contributed by atoms with Crippen LogP contribution in [0.25, 0.3) is 0 Å². The Morgan fingerprint density at radius 2 is 2.00 bits per heavy atom. The molecule has 0 aromatic rings. The van der Waals surface area contributed by atoms with E-state index in [1.165, 1.54) is 38.9 Å². The van der Waals surface area contributed by atoms with Gasteiger partial charge >= 0.3 is 0 Å². The lowest BCUT2D eigenvalue weighted by Crippen LogP contribution is -2.40. The van der Waals surface area contributed by atoms with Crippen molar-refractivity contribution in [2.45, 2.75) is 39.2 Å². The van der Waals surface area contributed by atoms with E-state index in [2.05, 4.69) is 24.1 Å². The molecule has 90 valence electrons. The maximum atomic E-state index is 5.87. The van der Waals surface area contributed by atoms with Crippen LogP contribution in [0.15, 0.2) is 0 Å². The average molecular weight is 213 g/mol. The van der Waals surface area contributed by atoms with Crippen LogP contribution in [-0.4, -0.2) is 43.7 Å². The zero-order chi connectivity index (χ0) is 11.1. The molecular weight excluding hydrogens is 186 g/mol. The zero-order valence-electron chi connectivity index (χ0n) is 10.3. The second-order valence-electron chi connectivity index (χ2n) is 5.13. The number of hydrogen-bond donors (Lipinski definition) is 2. The van der Waals surface area contributed by atoms with Crippen LogP contribution in [0.1, 0.15) is 33.1 Å². The van der Waals surface area contributed by atoms with E-state index in [0.717, 1.165) is 19.0 Å². The van der Waals surface area contributed by atoms with Gasteiger partial charge in [0.15, 0.2) is 0 Å². The van der Waals surface area contributed by atoms with E-state index in [-0.39, 0.29) is 0 Å². The van der Waals surface area contributed by atoms with Crippen LogP contribution in [0.5, 0.6) is 0 Å². The Balaban J connectivity index is 1.91. The van der Waals surface area contributed by atoms with Gasteiger partial charge in [-0.15, -0.1) is 0 Å². The van der Waals surface area contributed by atoms with Crippen molar-refractivity contribution >= 4 is 0 Å². The van der Waals surface area contributed by atoms with E-state index in [9.17, 15) is 0 Å². The number of nitrogens with one attached hydrogen (secondary N) is 1. The normalized spacial score (nSPS) is 20.0. The van der Waals surface area contributed by atoms with E-state index in [1.807, 2.05) is 0 Å². The topological polar surface area (TPSA) is 41.3 Å². The van der Waals surface area contributed by atoms with Crippen molar-refractivity contribution in [2.24, 2.45) is 11.7 Å². The van der Waals surface area contributed by atoms with Gasteiger partial charge in [-0.05, 0) is 57.9 Å². The molecular formula is C12H27N3. The fourth-order valence-electron chi connectivity index (χ4n) is 1.99. The van der Waals surface area contributed by atoms with Gasteiger partial charge in [0.2, 0.25) is 0 Å². The molecule has 0 aromatic carbocycles. The van der Waals surface area contributed by atoms with Crippen LogP contribution >= 0.6 is 0 Å². The molecule has 1 fully saturated rings. The molecule has 0 aliphatic carbocycles. The summed E-state index contributed by atoms with van der Waals surface area (Å²) in [7, 11) is 0. The number of nitrogens with zero attached hydrogens (tertiary/aromatic N) is 1. The second kappa shape index (κ2) is 7.20. The van der Waals surface area contributed by atoms with Crippen LogP contribution in [0, 0.1) is 5.92 Å². The Labute approximate surface area is 94.4 Å². The molecule has 3 nitrogen and oxygen atoms in total. The predicted molar refractivity (Wildman–Crippen MR) is 66.0 cm³/mol. The fourth-order valence-corrected chi connectivity index (χ4v) is 1.99. The summed E-state index contributed by atoms with van der Waals surface area (Å²) in [5.41, 5.74) is 5.87. The Morgan fingerprint density at radius 1 is 1.33 bits per heavy atom. The van der Waals surface area contributed by atoms with E-state index >= 15 is 0 Å². The van der Waals surface area contributed by atoms with Gasteiger partial charge in [0.05, 0.1) is 0 Å². The standard InChI is InChI=1S/C12H27N3/c1-11(2)10-14-6-3-7-15-8-4-12(13)5-9-15/h11-12,14H,3-10,13H2,1-2H3. The lowest BCUT2D eigenvalue weighted by Gasteiger charge is -2.30. The molecule has 0 bridgehead atoms. The van der Waals surface area contributed by atoms with Gasteiger partial charge in [0.1, 0.15) is 0 Å². The van der Waals surface area contributed by atoms with Crippen molar-refractivity contribution in [3.8, 4) is 0 Å². The highest BCUT2D eigenvalue weighted by Gasteiger charge is 2.14. The van der Waals surface area contributed by atoms with Crippen LogP contribution in [-0.2, 0) is 0 Å². The van der Waals surface area contributed by atoms with E-state index in [1.54, 1.807) is 0 Å².